The Labute approximate surface area is 108 Å². The van der Waals surface area contributed by atoms with Crippen LogP contribution in [0.1, 0.15) is 37.6 Å². The molecule has 1 aliphatic rings. The molecule has 1 N–H and O–H groups in total. The van der Waals surface area contributed by atoms with Crippen molar-refractivity contribution < 1.29 is 4.42 Å². The molecule has 3 rings (SSSR count). The molecule has 0 radical (unpaired) electrons. The molecule has 1 aromatic heterocycles. The van der Waals surface area contributed by atoms with E-state index >= 15 is 0 Å². The fraction of sp³-hybridized carbons (Fsp3) is 0.533. The van der Waals surface area contributed by atoms with Crippen molar-refractivity contribution in [3.63, 3.8) is 0 Å². The molecule has 1 unspecified atom stereocenters. The molecule has 1 atom stereocenters. The second kappa shape index (κ2) is 4.39. The number of piperidine rings is 1. The fourth-order valence-electron chi connectivity index (χ4n) is 2.86. The Balaban J connectivity index is 2.06. The predicted octanol–water partition coefficient (Wildman–Crippen LogP) is 3.17. The second-order valence-corrected chi connectivity index (χ2v) is 5.40. The van der Waals surface area contributed by atoms with Gasteiger partial charge in [0.2, 0.25) is 5.89 Å². The van der Waals surface area contributed by atoms with Crippen molar-refractivity contribution in [3.8, 4) is 0 Å². The van der Waals surface area contributed by atoms with Gasteiger partial charge in [0.05, 0.1) is 5.41 Å². The maximum absolute atomic E-state index is 6.03. The van der Waals surface area contributed by atoms with Crippen LogP contribution in [0.25, 0.3) is 11.1 Å². The van der Waals surface area contributed by atoms with Gasteiger partial charge in [-0.05, 0) is 50.4 Å². The van der Waals surface area contributed by atoms with E-state index in [4.69, 9.17) is 9.40 Å². The SMILES string of the molecule is CCC1(c2nc3ccc(C)cc3o2)CCCNC1. The minimum absolute atomic E-state index is 0.0885. The number of nitrogens with one attached hydrogen (secondary N) is 1. The van der Waals surface area contributed by atoms with Crippen LogP contribution >= 0.6 is 0 Å². The topological polar surface area (TPSA) is 38.1 Å². The lowest BCUT2D eigenvalue weighted by molar-refractivity contribution is 0.249. The summed E-state index contributed by atoms with van der Waals surface area (Å²) in [4.78, 5) is 4.71. The number of benzene rings is 1. The molecule has 96 valence electrons. The average Bonchev–Trinajstić information content (AvgIpc) is 2.83. The summed E-state index contributed by atoms with van der Waals surface area (Å²) in [5.41, 5.74) is 3.21. The summed E-state index contributed by atoms with van der Waals surface area (Å²) in [6.07, 6.45) is 3.44. The van der Waals surface area contributed by atoms with Gasteiger partial charge >= 0.3 is 0 Å². The molecule has 2 heterocycles. The molecular formula is C15H20N2O. The van der Waals surface area contributed by atoms with Crippen molar-refractivity contribution >= 4 is 11.1 Å². The van der Waals surface area contributed by atoms with Crippen molar-refractivity contribution in [2.24, 2.45) is 0 Å². The Morgan fingerprint density at radius 1 is 1.44 bits per heavy atom. The summed E-state index contributed by atoms with van der Waals surface area (Å²) in [5, 5.41) is 3.48. The van der Waals surface area contributed by atoms with Crippen molar-refractivity contribution in [1.82, 2.24) is 10.3 Å². The largest absolute Gasteiger partial charge is 0.440 e. The fourth-order valence-corrected chi connectivity index (χ4v) is 2.86. The second-order valence-electron chi connectivity index (χ2n) is 5.40. The highest BCUT2D eigenvalue weighted by Gasteiger charge is 2.36. The lowest BCUT2D eigenvalue weighted by Gasteiger charge is -2.33. The summed E-state index contributed by atoms with van der Waals surface area (Å²) >= 11 is 0. The first kappa shape index (κ1) is 11.7. The van der Waals surface area contributed by atoms with Gasteiger partial charge in [-0.1, -0.05) is 13.0 Å². The number of rotatable bonds is 2. The monoisotopic (exact) mass is 244 g/mol. The van der Waals surface area contributed by atoms with Crippen molar-refractivity contribution in [3.05, 3.63) is 29.7 Å². The highest BCUT2D eigenvalue weighted by atomic mass is 16.3. The van der Waals surface area contributed by atoms with Crippen LogP contribution < -0.4 is 5.32 Å². The Morgan fingerprint density at radius 3 is 3.06 bits per heavy atom. The van der Waals surface area contributed by atoms with Crippen molar-refractivity contribution in [2.75, 3.05) is 13.1 Å². The summed E-state index contributed by atoms with van der Waals surface area (Å²) in [6.45, 7) is 6.41. The average molecular weight is 244 g/mol. The van der Waals surface area contributed by atoms with E-state index in [9.17, 15) is 0 Å². The summed E-state index contributed by atoms with van der Waals surface area (Å²) < 4.78 is 6.03. The summed E-state index contributed by atoms with van der Waals surface area (Å²) in [7, 11) is 0. The molecule has 0 spiro atoms. The molecular weight excluding hydrogens is 224 g/mol. The zero-order chi connectivity index (χ0) is 12.6. The maximum atomic E-state index is 6.03. The van der Waals surface area contributed by atoms with E-state index in [-0.39, 0.29) is 5.41 Å². The molecule has 1 saturated heterocycles. The van der Waals surface area contributed by atoms with Crippen LogP contribution in [0.2, 0.25) is 0 Å². The van der Waals surface area contributed by atoms with Crippen LogP contribution in [0.4, 0.5) is 0 Å². The quantitative estimate of drug-likeness (QED) is 0.881. The Kier molecular flexibility index (Phi) is 2.86. The summed E-state index contributed by atoms with van der Waals surface area (Å²) in [6, 6.07) is 6.22. The van der Waals surface area contributed by atoms with E-state index in [1.165, 1.54) is 18.4 Å². The number of aryl methyl sites for hydroxylation is 1. The van der Waals surface area contributed by atoms with Gasteiger partial charge in [-0.3, -0.25) is 0 Å². The number of aromatic nitrogens is 1. The first-order valence-corrected chi connectivity index (χ1v) is 6.82. The van der Waals surface area contributed by atoms with E-state index in [0.29, 0.717) is 0 Å². The number of hydrogen-bond acceptors (Lipinski definition) is 3. The molecule has 1 fully saturated rings. The highest BCUT2D eigenvalue weighted by molar-refractivity contribution is 5.73. The van der Waals surface area contributed by atoms with Gasteiger partial charge in [-0.2, -0.15) is 0 Å². The molecule has 3 nitrogen and oxygen atoms in total. The third-order valence-electron chi connectivity index (χ3n) is 4.15. The Bertz CT molecular complexity index is 553. The van der Waals surface area contributed by atoms with E-state index in [1.807, 2.05) is 0 Å². The summed E-state index contributed by atoms with van der Waals surface area (Å²) in [5.74, 6) is 0.915. The Hall–Kier alpha value is -1.35. The van der Waals surface area contributed by atoms with Crippen molar-refractivity contribution in [2.45, 2.75) is 38.5 Å². The molecule has 18 heavy (non-hydrogen) atoms. The van der Waals surface area contributed by atoms with Crippen LogP contribution in [0, 0.1) is 6.92 Å². The number of fused-ring (bicyclic) bond motifs is 1. The zero-order valence-corrected chi connectivity index (χ0v) is 11.1. The normalized spacial score (nSPS) is 24.6. The van der Waals surface area contributed by atoms with Gasteiger partial charge in [-0.15, -0.1) is 0 Å². The van der Waals surface area contributed by atoms with E-state index in [1.54, 1.807) is 0 Å². The zero-order valence-electron chi connectivity index (χ0n) is 11.1. The lowest BCUT2D eigenvalue weighted by atomic mass is 9.78. The highest BCUT2D eigenvalue weighted by Crippen LogP contribution is 2.35. The van der Waals surface area contributed by atoms with Crippen LogP contribution in [-0.2, 0) is 5.41 Å². The number of nitrogens with zero attached hydrogens (tertiary/aromatic N) is 1. The molecule has 0 bridgehead atoms. The van der Waals surface area contributed by atoms with Gasteiger partial charge in [0.15, 0.2) is 5.58 Å². The molecule has 0 aliphatic carbocycles. The lowest BCUT2D eigenvalue weighted by Crippen LogP contribution is -2.43. The predicted molar refractivity (Wildman–Crippen MR) is 72.8 cm³/mol. The van der Waals surface area contributed by atoms with Crippen LogP contribution in [0.3, 0.4) is 0 Å². The maximum Gasteiger partial charge on any atom is 0.202 e. The molecule has 0 saturated carbocycles. The van der Waals surface area contributed by atoms with Gasteiger partial charge in [-0.25, -0.2) is 4.98 Å². The van der Waals surface area contributed by atoms with Gasteiger partial charge < -0.3 is 9.73 Å². The smallest absolute Gasteiger partial charge is 0.202 e. The van der Waals surface area contributed by atoms with Gasteiger partial charge in [0.25, 0.3) is 0 Å². The third-order valence-corrected chi connectivity index (χ3v) is 4.15. The molecule has 1 aromatic carbocycles. The standard InChI is InChI=1S/C15H20N2O/c1-3-15(7-4-8-16-10-15)14-17-12-6-5-11(2)9-13(12)18-14/h5-6,9,16H,3-4,7-8,10H2,1-2H3. The minimum atomic E-state index is 0.0885. The molecule has 2 aromatic rings. The van der Waals surface area contributed by atoms with E-state index in [2.05, 4.69) is 37.4 Å². The molecule has 1 aliphatic heterocycles. The molecule has 0 amide bonds. The van der Waals surface area contributed by atoms with Crippen LogP contribution in [-0.4, -0.2) is 18.1 Å². The van der Waals surface area contributed by atoms with E-state index < -0.39 is 0 Å². The third kappa shape index (κ3) is 1.83. The first-order chi connectivity index (χ1) is 8.73. The van der Waals surface area contributed by atoms with Crippen molar-refractivity contribution in [1.29, 1.82) is 0 Å². The number of oxazole rings is 1. The van der Waals surface area contributed by atoms with Crippen LogP contribution in [0.5, 0.6) is 0 Å². The minimum Gasteiger partial charge on any atom is -0.440 e. The van der Waals surface area contributed by atoms with Crippen LogP contribution in [0.15, 0.2) is 22.6 Å². The Morgan fingerprint density at radius 2 is 2.33 bits per heavy atom. The van der Waals surface area contributed by atoms with E-state index in [0.717, 1.165) is 36.5 Å². The van der Waals surface area contributed by atoms with Gasteiger partial charge in [0, 0.05) is 6.54 Å². The van der Waals surface area contributed by atoms with Gasteiger partial charge in [0.1, 0.15) is 5.52 Å². The number of hydrogen-bond donors (Lipinski definition) is 1. The first-order valence-electron chi connectivity index (χ1n) is 6.82. The molecule has 3 heteroatoms.